The normalized spacial score (nSPS) is 11.7. The smallest absolute Gasteiger partial charge is 0.265 e. The van der Waals surface area contributed by atoms with E-state index in [0.717, 1.165) is 15.6 Å². The number of nitrogens with zero attached hydrogens (tertiary/aromatic N) is 3. The zero-order valence-electron chi connectivity index (χ0n) is 21.4. The van der Waals surface area contributed by atoms with Gasteiger partial charge in [0.2, 0.25) is 5.89 Å². The Morgan fingerprint density at radius 2 is 1.77 bits per heavy atom. The maximum absolute atomic E-state index is 13.1. The number of carbonyl (C=O) groups is 1. The number of benzene rings is 3. The number of rotatable bonds is 8. The van der Waals surface area contributed by atoms with Gasteiger partial charge in [-0.25, -0.2) is 8.42 Å². The molecule has 0 aliphatic carbocycles. The lowest BCUT2D eigenvalue weighted by Crippen LogP contribution is -2.26. The molecule has 0 spiro atoms. The molecule has 1 amide bonds. The summed E-state index contributed by atoms with van der Waals surface area (Å²) in [4.78, 5) is 18.0. The van der Waals surface area contributed by atoms with E-state index in [9.17, 15) is 13.2 Å². The Morgan fingerprint density at radius 1 is 1.05 bits per heavy atom. The van der Waals surface area contributed by atoms with E-state index in [4.69, 9.17) is 16.1 Å². The van der Waals surface area contributed by atoms with Gasteiger partial charge in [-0.1, -0.05) is 42.7 Å². The number of carbonyl (C=O) groups excluding carboxylic acids is 1. The number of anilines is 2. The maximum atomic E-state index is 13.1. The Hall–Kier alpha value is -3.73. The molecule has 3 aromatic carbocycles. The van der Waals surface area contributed by atoms with Crippen LogP contribution in [0.3, 0.4) is 0 Å². The van der Waals surface area contributed by atoms with Gasteiger partial charge in [0.1, 0.15) is 0 Å². The molecule has 2 heterocycles. The van der Waals surface area contributed by atoms with Crippen molar-refractivity contribution in [2.45, 2.75) is 31.1 Å². The van der Waals surface area contributed by atoms with Crippen LogP contribution in [0, 0.1) is 0 Å². The van der Waals surface area contributed by atoms with Crippen molar-refractivity contribution in [3.8, 4) is 0 Å². The number of nitrogens with one attached hydrogen (secondary N) is 1. The van der Waals surface area contributed by atoms with E-state index in [1.807, 2.05) is 44.2 Å². The summed E-state index contributed by atoms with van der Waals surface area (Å²) in [5.74, 6) is 1.16. The molecule has 0 unspecified atom stereocenters. The minimum Gasteiger partial charge on any atom is -0.339 e. The van der Waals surface area contributed by atoms with Crippen LogP contribution in [-0.4, -0.2) is 31.5 Å². The molecule has 0 fully saturated rings. The Kier molecular flexibility index (Phi) is 7.44. The van der Waals surface area contributed by atoms with Gasteiger partial charge >= 0.3 is 0 Å². The third kappa shape index (κ3) is 5.83. The van der Waals surface area contributed by atoms with Gasteiger partial charge in [-0.2, -0.15) is 4.98 Å². The van der Waals surface area contributed by atoms with Crippen molar-refractivity contribution in [1.29, 1.82) is 0 Å². The molecule has 200 valence electrons. The van der Waals surface area contributed by atoms with Gasteiger partial charge in [0.25, 0.3) is 15.9 Å². The first-order valence-electron chi connectivity index (χ1n) is 12.1. The van der Waals surface area contributed by atoms with Crippen LogP contribution in [0.15, 0.2) is 82.2 Å². The van der Waals surface area contributed by atoms with Crippen molar-refractivity contribution < 1.29 is 17.7 Å². The largest absolute Gasteiger partial charge is 0.339 e. The Labute approximate surface area is 235 Å². The van der Waals surface area contributed by atoms with Gasteiger partial charge in [-0.15, -0.1) is 11.3 Å². The molecule has 0 aliphatic rings. The highest BCUT2D eigenvalue weighted by molar-refractivity contribution is 7.92. The summed E-state index contributed by atoms with van der Waals surface area (Å²) < 4.78 is 33.5. The number of hydrogen-bond donors (Lipinski definition) is 1. The van der Waals surface area contributed by atoms with E-state index in [-0.39, 0.29) is 16.7 Å². The molecule has 8 nitrogen and oxygen atoms in total. The van der Waals surface area contributed by atoms with E-state index < -0.39 is 10.0 Å². The molecule has 2 aromatic heterocycles. The standard InChI is InChI=1S/C28H25ClN4O4S2/c1-17(2)28-31-26(32-37-28)14-18-4-8-21(9-5-18)30-27(34)25-16-19-15-22(10-13-24(19)38-25)33(3)39(35,36)23-11-6-20(29)7-12-23/h4-13,15-17H,14H2,1-3H3,(H,30,34). The Morgan fingerprint density at radius 3 is 2.44 bits per heavy atom. The van der Waals surface area contributed by atoms with E-state index in [2.05, 4.69) is 15.5 Å². The first-order chi connectivity index (χ1) is 18.6. The van der Waals surface area contributed by atoms with E-state index in [1.54, 1.807) is 30.3 Å². The van der Waals surface area contributed by atoms with Crippen molar-refractivity contribution in [3.63, 3.8) is 0 Å². The molecule has 0 bridgehead atoms. The van der Waals surface area contributed by atoms with Crippen LogP contribution >= 0.6 is 22.9 Å². The van der Waals surface area contributed by atoms with Gasteiger partial charge in [0.15, 0.2) is 5.82 Å². The quantitative estimate of drug-likeness (QED) is 0.218. The SMILES string of the molecule is CC(C)c1nc(Cc2ccc(NC(=O)c3cc4cc(N(C)S(=O)(=O)c5ccc(Cl)cc5)ccc4s3)cc2)no1. The van der Waals surface area contributed by atoms with Gasteiger partial charge < -0.3 is 9.84 Å². The Balaban J connectivity index is 1.28. The van der Waals surface area contributed by atoms with Gasteiger partial charge in [-0.3, -0.25) is 9.10 Å². The molecule has 11 heteroatoms. The van der Waals surface area contributed by atoms with Crippen molar-refractivity contribution in [3.05, 3.63) is 100.0 Å². The highest BCUT2D eigenvalue weighted by Gasteiger charge is 2.22. The van der Waals surface area contributed by atoms with Crippen molar-refractivity contribution >= 4 is 60.3 Å². The summed E-state index contributed by atoms with van der Waals surface area (Å²) in [6.07, 6.45) is 0.533. The lowest BCUT2D eigenvalue weighted by molar-refractivity contribution is 0.103. The average Bonchev–Trinajstić information content (AvgIpc) is 3.56. The zero-order chi connectivity index (χ0) is 27.7. The highest BCUT2D eigenvalue weighted by Crippen LogP contribution is 2.32. The van der Waals surface area contributed by atoms with E-state index in [1.165, 1.54) is 34.8 Å². The molecular formula is C28H25ClN4O4S2. The number of fused-ring (bicyclic) bond motifs is 1. The van der Waals surface area contributed by atoms with Crippen molar-refractivity contribution in [1.82, 2.24) is 10.1 Å². The van der Waals surface area contributed by atoms with Crippen LogP contribution in [0.1, 0.15) is 46.7 Å². The third-order valence-electron chi connectivity index (χ3n) is 6.11. The number of amides is 1. The van der Waals surface area contributed by atoms with Crippen LogP contribution in [0.4, 0.5) is 11.4 Å². The average molecular weight is 581 g/mol. The Bertz CT molecular complexity index is 1740. The second-order valence-corrected chi connectivity index (χ2v) is 12.8. The molecule has 39 heavy (non-hydrogen) atoms. The fourth-order valence-corrected chi connectivity index (χ4v) is 6.15. The zero-order valence-corrected chi connectivity index (χ0v) is 23.8. The number of thiophene rings is 1. The molecular weight excluding hydrogens is 556 g/mol. The van der Waals surface area contributed by atoms with Crippen LogP contribution in [0.2, 0.25) is 5.02 Å². The summed E-state index contributed by atoms with van der Waals surface area (Å²) in [6, 6.07) is 20.6. The first kappa shape index (κ1) is 26.9. The monoisotopic (exact) mass is 580 g/mol. The number of halogens is 1. The third-order valence-corrected chi connectivity index (χ3v) is 9.28. The lowest BCUT2D eigenvalue weighted by atomic mass is 10.1. The molecule has 0 saturated carbocycles. The van der Waals surface area contributed by atoms with E-state index in [0.29, 0.717) is 39.4 Å². The minimum absolute atomic E-state index is 0.142. The summed E-state index contributed by atoms with van der Waals surface area (Å²) in [7, 11) is -2.27. The summed E-state index contributed by atoms with van der Waals surface area (Å²) >= 11 is 7.24. The summed E-state index contributed by atoms with van der Waals surface area (Å²) in [5.41, 5.74) is 2.14. The molecule has 0 radical (unpaired) electrons. The molecule has 0 atom stereocenters. The van der Waals surface area contributed by atoms with Crippen molar-refractivity contribution in [2.75, 3.05) is 16.7 Å². The predicted octanol–water partition coefficient (Wildman–Crippen LogP) is 6.73. The summed E-state index contributed by atoms with van der Waals surface area (Å²) in [6.45, 7) is 3.99. The van der Waals surface area contributed by atoms with Crippen LogP contribution < -0.4 is 9.62 Å². The lowest BCUT2D eigenvalue weighted by Gasteiger charge is -2.19. The fraction of sp³-hybridized carbons (Fsp3) is 0.179. The first-order valence-corrected chi connectivity index (χ1v) is 14.7. The number of aromatic nitrogens is 2. The molecule has 1 N–H and O–H groups in total. The van der Waals surface area contributed by atoms with Crippen LogP contribution in [0.5, 0.6) is 0 Å². The molecule has 5 aromatic rings. The maximum Gasteiger partial charge on any atom is 0.265 e. The number of hydrogen-bond acceptors (Lipinski definition) is 7. The van der Waals surface area contributed by atoms with Gasteiger partial charge in [0, 0.05) is 34.8 Å². The molecule has 5 rings (SSSR count). The predicted molar refractivity (Wildman–Crippen MR) is 154 cm³/mol. The fourth-order valence-electron chi connectivity index (χ4n) is 3.90. The second kappa shape index (κ2) is 10.8. The van der Waals surface area contributed by atoms with Crippen LogP contribution in [-0.2, 0) is 16.4 Å². The second-order valence-electron chi connectivity index (χ2n) is 9.29. The minimum atomic E-state index is -3.77. The number of sulfonamides is 1. The van der Waals surface area contributed by atoms with E-state index >= 15 is 0 Å². The molecule has 0 aliphatic heterocycles. The van der Waals surface area contributed by atoms with Crippen molar-refractivity contribution in [2.24, 2.45) is 0 Å². The highest BCUT2D eigenvalue weighted by atomic mass is 35.5. The van der Waals surface area contributed by atoms with Gasteiger partial charge in [-0.05, 0) is 71.6 Å². The summed E-state index contributed by atoms with van der Waals surface area (Å²) in [5, 5.41) is 8.17. The van der Waals surface area contributed by atoms with Gasteiger partial charge in [0.05, 0.1) is 15.5 Å². The van der Waals surface area contributed by atoms with Crippen LogP contribution in [0.25, 0.3) is 10.1 Å². The molecule has 0 saturated heterocycles. The topological polar surface area (TPSA) is 105 Å².